The van der Waals surface area contributed by atoms with E-state index in [0.29, 0.717) is 4.83 Å². The third-order valence-electron chi connectivity index (χ3n) is 1.43. The highest BCUT2D eigenvalue weighted by molar-refractivity contribution is 9.09. The van der Waals surface area contributed by atoms with Gasteiger partial charge >= 0.3 is 0 Å². The normalized spacial score (nSPS) is 36.7. The summed E-state index contributed by atoms with van der Waals surface area (Å²) in [5.41, 5.74) is 0. The lowest BCUT2D eigenvalue weighted by Crippen LogP contribution is -2.31. The minimum Gasteiger partial charge on any atom is -0.355 e. The Kier molecular flexibility index (Phi) is 2.95. The van der Waals surface area contributed by atoms with E-state index in [-0.39, 0.29) is 6.29 Å². The van der Waals surface area contributed by atoms with E-state index < -0.39 is 0 Å². The second-order valence-corrected chi connectivity index (χ2v) is 3.31. The Morgan fingerprint density at radius 1 is 1.67 bits per heavy atom. The predicted octanol–water partition coefficient (Wildman–Crippen LogP) is 1.53. The van der Waals surface area contributed by atoms with Crippen LogP contribution in [0.15, 0.2) is 0 Å². The van der Waals surface area contributed by atoms with Crippen LogP contribution in [0.25, 0.3) is 0 Å². The largest absolute Gasteiger partial charge is 0.355 e. The summed E-state index contributed by atoms with van der Waals surface area (Å²) in [5, 5.41) is 0. The first-order chi connectivity index (χ1) is 4.34. The zero-order valence-electron chi connectivity index (χ0n) is 5.47. The standard InChI is InChI=1S/C6H11BrO2/c1-8-6-5(7)3-2-4-9-6/h5-6H,2-4H2,1H3/t5-,6-/m0/s1. The van der Waals surface area contributed by atoms with E-state index in [1.165, 1.54) is 0 Å². The molecule has 54 valence electrons. The van der Waals surface area contributed by atoms with Gasteiger partial charge in [0, 0.05) is 13.7 Å². The minimum absolute atomic E-state index is 0.0289. The van der Waals surface area contributed by atoms with Gasteiger partial charge in [0.25, 0.3) is 0 Å². The molecule has 1 aliphatic heterocycles. The Balaban J connectivity index is 2.30. The molecule has 0 radical (unpaired) electrons. The molecule has 1 saturated heterocycles. The number of ether oxygens (including phenoxy) is 2. The maximum atomic E-state index is 5.27. The monoisotopic (exact) mass is 194 g/mol. The molecule has 0 aliphatic carbocycles. The molecule has 0 aromatic heterocycles. The van der Waals surface area contributed by atoms with Gasteiger partial charge in [0.2, 0.25) is 0 Å². The molecule has 1 rings (SSSR count). The van der Waals surface area contributed by atoms with Crippen LogP contribution in [0, 0.1) is 0 Å². The summed E-state index contributed by atoms with van der Waals surface area (Å²) in [6.07, 6.45) is 2.26. The van der Waals surface area contributed by atoms with Crippen molar-refractivity contribution in [3.8, 4) is 0 Å². The Morgan fingerprint density at radius 3 is 2.89 bits per heavy atom. The number of rotatable bonds is 1. The summed E-state index contributed by atoms with van der Waals surface area (Å²) in [7, 11) is 1.67. The molecule has 1 fully saturated rings. The van der Waals surface area contributed by atoms with Gasteiger partial charge in [0.15, 0.2) is 6.29 Å². The predicted molar refractivity (Wildman–Crippen MR) is 38.7 cm³/mol. The summed E-state index contributed by atoms with van der Waals surface area (Å²) in [6.45, 7) is 0.834. The van der Waals surface area contributed by atoms with Crippen molar-refractivity contribution in [3.63, 3.8) is 0 Å². The van der Waals surface area contributed by atoms with Crippen LogP contribution >= 0.6 is 15.9 Å². The number of alkyl halides is 1. The first-order valence-corrected chi connectivity index (χ1v) is 4.04. The fraction of sp³-hybridized carbons (Fsp3) is 1.00. The van der Waals surface area contributed by atoms with Crippen LogP contribution in [0.5, 0.6) is 0 Å². The highest BCUT2D eigenvalue weighted by Crippen LogP contribution is 2.20. The Bertz CT molecular complexity index is 87.1. The van der Waals surface area contributed by atoms with Gasteiger partial charge in [-0.3, -0.25) is 0 Å². The van der Waals surface area contributed by atoms with Gasteiger partial charge in [-0.25, -0.2) is 0 Å². The molecular weight excluding hydrogens is 184 g/mol. The number of methoxy groups -OCH3 is 1. The van der Waals surface area contributed by atoms with Crippen molar-refractivity contribution in [2.75, 3.05) is 13.7 Å². The summed E-state index contributed by atoms with van der Waals surface area (Å²) in [5.74, 6) is 0. The van der Waals surface area contributed by atoms with E-state index in [1.807, 2.05) is 0 Å². The summed E-state index contributed by atoms with van der Waals surface area (Å²) < 4.78 is 10.3. The Labute approximate surface area is 63.7 Å². The molecule has 2 nitrogen and oxygen atoms in total. The fourth-order valence-corrected chi connectivity index (χ4v) is 1.63. The van der Waals surface area contributed by atoms with E-state index in [1.54, 1.807) is 7.11 Å². The molecule has 0 saturated carbocycles. The van der Waals surface area contributed by atoms with E-state index in [4.69, 9.17) is 9.47 Å². The van der Waals surface area contributed by atoms with Crippen molar-refractivity contribution in [2.45, 2.75) is 24.0 Å². The molecule has 9 heavy (non-hydrogen) atoms. The van der Waals surface area contributed by atoms with Crippen LogP contribution < -0.4 is 0 Å². The average molecular weight is 195 g/mol. The summed E-state index contributed by atoms with van der Waals surface area (Å²) >= 11 is 3.46. The van der Waals surface area contributed by atoms with Crippen molar-refractivity contribution < 1.29 is 9.47 Å². The molecule has 0 bridgehead atoms. The third kappa shape index (κ3) is 1.92. The fourth-order valence-electron chi connectivity index (χ4n) is 0.934. The molecule has 1 heterocycles. The molecule has 0 N–H and O–H groups in total. The van der Waals surface area contributed by atoms with Crippen molar-refractivity contribution in [2.24, 2.45) is 0 Å². The van der Waals surface area contributed by atoms with E-state index in [0.717, 1.165) is 19.4 Å². The molecule has 1 aliphatic rings. The average Bonchev–Trinajstić information content (AvgIpc) is 1.89. The molecule has 0 aromatic carbocycles. The van der Waals surface area contributed by atoms with Gasteiger partial charge in [-0.05, 0) is 12.8 Å². The lowest BCUT2D eigenvalue weighted by Gasteiger charge is -2.25. The van der Waals surface area contributed by atoms with Crippen molar-refractivity contribution >= 4 is 15.9 Å². The second-order valence-electron chi connectivity index (χ2n) is 2.13. The SMILES string of the molecule is CO[C@H]1OCCC[C@@H]1Br. The van der Waals surface area contributed by atoms with Crippen LogP contribution in [-0.2, 0) is 9.47 Å². The van der Waals surface area contributed by atoms with Gasteiger partial charge < -0.3 is 9.47 Å². The van der Waals surface area contributed by atoms with Gasteiger partial charge in [0.05, 0.1) is 4.83 Å². The zero-order chi connectivity index (χ0) is 6.69. The van der Waals surface area contributed by atoms with Crippen molar-refractivity contribution in [1.29, 1.82) is 0 Å². The highest BCUT2D eigenvalue weighted by atomic mass is 79.9. The first-order valence-electron chi connectivity index (χ1n) is 3.13. The second kappa shape index (κ2) is 3.54. The van der Waals surface area contributed by atoms with Crippen LogP contribution in [0.4, 0.5) is 0 Å². The number of hydrogen-bond acceptors (Lipinski definition) is 2. The zero-order valence-corrected chi connectivity index (χ0v) is 7.06. The van der Waals surface area contributed by atoms with Gasteiger partial charge in [-0.15, -0.1) is 0 Å². The van der Waals surface area contributed by atoms with E-state index in [2.05, 4.69) is 15.9 Å². The Hall–Kier alpha value is 0.400. The minimum atomic E-state index is -0.0289. The Morgan fingerprint density at radius 2 is 2.44 bits per heavy atom. The molecule has 0 aromatic rings. The maximum Gasteiger partial charge on any atom is 0.169 e. The van der Waals surface area contributed by atoms with Crippen molar-refractivity contribution in [1.82, 2.24) is 0 Å². The van der Waals surface area contributed by atoms with Crippen LogP contribution in [-0.4, -0.2) is 24.8 Å². The lowest BCUT2D eigenvalue weighted by atomic mass is 10.2. The number of hydrogen-bond donors (Lipinski definition) is 0. The summed E-state index contributed by atoms with van der Waals surface area (Å²) in [4.78, 5) is 0.385. The lowest BCUT2D eigenvalue weighted by molar-refractivity contribution is -0.139. The van der Waals surface area contributed by atoms with Crippen LogP contribution in [0.3, 0.4) is 0 Å². The third-order valence-corrected chi connectivity index (χ3v) is 2.32. The van der Waals surface area contributed by atoms with Gasteiger partial charge in [-0.2, -0.15) is 0 Å². The van der Waals surface area contributed by atoms with Crippen molar-refractivity contribution in [3.05, 3.63) is 0 Å². The van der Waals surface area contributed by atoms with Crippen LogP contribution in [0.1, 0.15) is 12.8 Å². The van der Waals surface area contributed by atoms with E-state index >= 15 is 0 Å². The highest BCUT2D eigenvalue weighted by Gasteiger charge is 2.22. The molecule has 2 atom stereocenters. The summed E-state index contributed by atoms with van der Waals surface area (Å²) in [6, 6.07) is 0. The van der Waals surface area contributed by atoms with E-state index in [9.17, 15) is 0 Å². The first kappa shape index (κ1) is 7.51. The smallest absolute Gasteiger partial charge is 0.169 e. The quantitative estimate of drug-likeness (QED) is 0.590. The number of halogens is 1. The molecule has 0 amide bonds. The van der Waals surface area contributed by atoms with Crippen LogP contribution in [0.2, 0.25) is 0 Å². The van der Waals surface area contributed by atoms with Gasteiger partial charge in [-0.1, -0.05) is 15.9 Å². The van der Waals surface area contributed by atoms with Gasteiger partial charge in [0.1, 0.15) is 0 Å². The molecular formula is C6H11BrO2. The molecule has 0 spiro atoms. The maximum absolute atomic E-state index is 5.27. The molecule has 0 unspecified atom stereocenters. The molecule has 3 heteroatoms. The topological polar surface area (TPSA) is 18.5 Å².